The molecule has 180 valence electrons. The molecule has 0 aliphatic rings. The Morgan fingerprint density at radius 3 is 2.18 bits per heavy atom. The second-order valence-electron chi connectivity index (χ2n) is 7.86. The molecule has 7 nitrogen and oxygen atoms in total. The van der Waals surface area contributed by atoms with Crippen LogP contribution in [0.1, 0.15) is 32.8 Å². The van der Waals surface area contributed by atoms with Gasteiger partial charge < -0.3 is 10.2 Å². The van der Waals surface area contributed by atoms with E-state index in [0.717, 1.165) is 4.31 Å². The van der Waals surface area contributed by atoms with Gasteiger partial charge in [-0.05, 0) is 62.2 Å². The molecule has 2 atom stereocenters. The second-order valence-corrected chi connectivity index (χ2v) is 10.3. The number of nitrogens with one attached hydrogen (secondary N) is 1. The van der Waals surface area contributed by atoms with Gasteiger partial charge in [0.05, 0.1) is 11.4 Å². The van der Waals surface area contributed by atoms with Gasteiger partial charge in [-0.1, -0.05) is 30.7 Å². The number of hydrogen-bond donors (Lipinski definition) is 1. The standard InChI is InChI=1S/C23H29ClFN3O4S/c1-5-16(2)26-23(30)17(3)28(14-18-6-10-20(25)11-7-18)22(29)15-27(4)33(31,32)21-12-8-19(24)9-13-21/h6-13,16-17H,5,14-15H2,1-4H3,(H,26,30)/t16-,17+/m0/s1. The van der Waals surface area contributed by atoms with Gasteiger partial charge in [0.25, 0.3) is 0 Å². The van der Waals surface area contributed by atoms with E-state index in [0.29, 0.717) is 17.0 Å². The van der Waals surface area contributed by atoms with Gasteiger partial charge in [0.1, 0.15) is 11.9 Å². The average molecular weight is 498 g/mol. The van der Waals surface area contributed by atoms with Gasteiger partial charge in [-0.3, -0.25) is 9.59 Å². The van der Waals surface area contributed by atoms with Crippen LogP contribution in [0.15, 0.2) is 53.4 Å². The summed E-state index contributed by atoms with van der Waals surface area (Å²) in [5, 5.41) is 3.23. The van der Waals surface area contributed by atoms with Gasteiger partial charge in [-0.15, -0.1) is 0 Å². The summed E-state index contributed by atoms with van der Waals surface area (Å²) in [6.45, 7) is 4.89. The van der Waals surface area contributed by atoms with E-state index < -0.39 is 34.3 Å². The highest BCUT2D eigenvalue weighted by Gasteiger charge is 2.30. The number of benzene rings is 2. The van der Waals surface area contributed by atoms with Gasteiger partial charge in [0.2, 0.25) is 21.8 Å². The Morgan fingerprint density at radius 2 is 1.64 bits per heavy atom. The van der Waals surface area contributed by atoms with Crippen molar-refractivity contribution in [2.24, 2.45) is 0 Å². The predicted octanol–water partition coefficient (Wildman–Crippen LogP) is 3.43. The number of rotatable bonds is 10. The lowest BCUT2D eigenvalue weighted by Gasteiger charge is -2.31. The fourth-order valence-corrected chi connectivity index (χ4v) is 4.23. The summed E-state index contributed by atoms with van der Waals surface area (Å²) in [7, 11) is -2.66. The van der Waals surface area contributed by atoms with E-state index >= 15 is 0 Å². The summed E-state index contributed by atoms with van der Waals surface area (Å²) < 4.78 is 40.0. The highest BCUT2D eigenvalue weighted by Crippen LogP contribution is 2.18. The van der Waals surface area contributed by atoms with Crippen LogP contribution in [0.3, 0.4) is 0 Å². The second kappa shape index (κ2) is 11.6. The quantitative estimate of drug-likeness (QED) is 0.545. The summed E-state index contributed by atoms with van der Waals surface area (Å²) in [5.74, 6) is -1.35. The highest BCUT2D eigenvalue weighted by molar-refractivity contribution is 7.89. The molecule has 0 saturated heterocycles. The topological polar surface area (TPSA) is 86.8 Å². The van der Waals surface area contributed by atoms with E-state index in [4.69, 9.17) is 11.6 Å². The van der Waals surface area contributed by atoms with Gasteiger partial charge >= 0.3 is 0 Å². The number of halogens is 2. The smallest absolute Gasteiger partial charge is 0.243 e. The van der Waals surface area contributed by atoms with Crippen LogP contribution in [0.2, 0.25) is 5.02 Å². The van der Waals surface area contributed by atoms with Crippen LogP contribution in [0, 0.1) is 5.82 Å². The first-order chi connectivity index (χ1) is 15.4. The molecule has 2 aromatic carbocycles. The SMILES string of the molecule is CC[C@H](C)NC(=O)[C@@H](C)N(Cc1ccc(F)cc1)C(=O)CN(C)S(=O)(=O)c1ccc(Cl)cc1. The number of likely N-dealkylation sites (N-methyl/N-ethyl adjacent to an activating group) is 1. The van der Waals surface area contributed by atoms with E-state index in [1.54, 1.807) is 6.92 Å². The molecule has 0 saturated carbocycles. The molecule has 0 aromatic heterocycles. The summed E-state index contributed by atoms with van der Waals surface area (Å²) in [5.41, 5.74) is 0.608. The zero-order valence-electron chi connectivity index (χ0n) is 19.1. The van der Waals surface area contributed by atoms with E-state index in [-0.39, 0.29) is 23.4 Å². The zero-order valence-corrected chi connectivity index (χ0v) is 20.7. The Balaban J connectivity index is 2.26. The summed E-state index contributed by atoms with van der Waals surface area (Å²) in [4.78, 5) is 27.2. The Kier molecular flexibility index (Phi) is 9.39. The summed E-state index contributed by atoms with van der Waals surface area (Å²) >= 11 is 5.83. The van der Waals surface area contributed by atoms with Crippen molar-refractivity contribution in [3.05, 3.63) is 64.9 Å². The molecule has 0 bridgehead atoms. The highest BCUT2D eigenvalue weighted by atomic mass is 35.5. The van der Waals surface area contributed by atoms with Crippen LogP contribution in [-0.2, 0) is 26.2 Å². The maximum Gasteiger partial charge on any atom is 0.243 e. The number of carbonyl (C=O) groups is 2. The summed E-state index contributed by atoms with van der Waals surface area (Å²) in [6.07, 6.45) is 0.715. The number of hydrogen-bond acceptors (Lipinski definition) is 4. The molecule has 2 rings (SSSR count). The molecule has 10 heteroatoms. The number of amides is 2. The Bertz CT molecular complexity index is 1060. The minimum absolute atomic E-state index is 0.00477. The Labute approximate surface area is 199 Å². The van der Waals surface area contributed by atoms with E-state index in [9.17, 15) is 22.4 Å². The monoisotopic (exact) mass is 497 g/mol. The zero-order chi connectivity index (χ0) is 24.8. The van der Waals surface area contributed by atoms with Crippen molar-refractivity contribution in [3.63, 3.8) is 0 Å². The van der Waals surface area contributed by atoms with Crippen molar-refractivity contribution in [2.45, 2.75) is 50.7 Å². The number of sulfonamides is 1. The van der Waals surface area contributed by atoms with Crippen molar-refractivity contribution in [2.75, 3.05) is 13.6 Å². The first-order valence-electron chi connectivity index (χ1n) is 10.5. The van der Waals surface area contributed by atoms with E-state index in [1.807, 2.05) is 13.8 Å². The van der Waals surface area contributed by atoms with Crippen molar-refractivity contribution < 1.29 is 22.4 Å². The lowest BCUT2D eigenvalue weighted by Crippen LogP contribution is -2.51. The normalized spacial score (nSPS) is 13.4. The Morgan fingerprint density at radius 1 is 1.06 bits per heavy atom. The van der Waals surface area contributed by atoms with Crippen LogP contribution >= 0.6 is 11.6 Å². The van der Waals surface area contributed by atoms with E-state index in [1.165, 1.54) is 60.5 Å². The fourth-order valence-electron chi connectivity index (χ4n) is 2.99. The van der Waals surface area contributed by atoms with Crippen LogP contribution in [0.4, 0.5) is 4.39 Å². The molecule has 0 fully saturated rings. The fraction of sp³-hybridized carbons (Fsp3) is 0.391. The number of nitrogens with zero attached hydrogens (tertiary/aromatic N) is 2. The molecule has 0 radical (unpaired) electrons. The molecule has 0 unspecified atom stereocenters. The minimum Gasteiger partial charge on any atom is -0.352 e. The molecule has 2 aromatic rings. The molecular weight excluding hydrogens is 469 g/mol. The molecule has 0 aliphatic heterocycles. The van der Waals surface area contributed by atoms with Crippen molar-refractivity contribution in [1.29, 1.82) is 0 Å². The maximum absolute atomic E-state index is 13.3. The third-order valence-electron chi connectivity index (χ3n) is 5.31. The van der Waals surface area contributed by atoms with Crippen molar-refractivity contribution >= 4 is 33.4 Å². The molecule has 1 N–H and O–H groups in total. The minimum atomic E-state index is -3.95. The van der Waals surface area contributed by atoms with Crippen LogP contribution in [-0.4, -0.2) is 55.1 Å². The van der Waals surface area contributed by atoms with Gasteiger partial charge in [-0.2, -0.15) is 4.31 Å². The lowest BCUT2D eigenvalue weighted by atomic mass is 10.1. The van der Waals surface area contributed by atoms with Crippen LogP contribution < -0.4 is 5.32 Å². The third kappa shape index (κ3) is 7.25. The average Bonchev–Trinajstić information content (AvgIpc) is 2.78. The third-order valence-corrected chi connectivity index (χ3v) is 7.38. The molecule has 0 heterocycles. The van der Waals surface area contributed by atoms with Crippen molar-refractivity contribution in [3.8, 4) is 0 Å². The summed E-state index contributed by atoms with van der Waals surface area (Å²) in [6, 6.07) is 10.2. The first kappa shape index (κ1) is 26.8. The Hall–Kier alpha value is -2.49. The molecule has 33 heavy (non-hydrogen) atoms. The molecule has 2 amide bonds. The largest absolute Gasteiger partial charge is 0.352 e. The van der Waals surface area contributed by atoms with Gasteiger partial charge in [-0.25, -0.2) is 12.8 Å². The number of carbonyl (C=O) groups excluding carboxylic acids is 2. The molecule has 0 spiro atoms. The van der Waals surface area contributed by atoms with Gasteiger partial charge in [0, 0.05) is 24.7 Å². The van der Waals surface area contributed by atoms with E-state index in [2.05, 4.69) is 5.32 Å². The molecular formula is C23H29ClFN3O4S. The van der Waals surface area contributed by atoms with Crippen LogP contribution in [0.5, 0.6) is 0 Å². The maximum atomic E-state index is 13.3. The van der Waals surface area contributed by atoms with Crippen LogP contribution in [0.25, 0.3) is 0 Å². The lowest BCUT2D eigenvalue weighted by molar-refractivity contribution is -0.140. The van der Waals surface area contributed by atoms with Gasteiger partial charge in [0.15, 0.2) is 0 Å². The molecule has 0 aliphatic carbocycles. The van der Waals surface area contributed by atoms with Crippen molar-refractivity contribution in [1.82, 2.24) is 14.5 Å². The predicted molar refractivity (Wildman–Crippen MR) is 126 cm³/mol. The first-order valence-corrected chi connectivity index (χ1v) is 12.3.